The van der Waals surface area contributed by atoms with Crippen LogP contribution in [0.3, 0.4) is 0 Å². The summed E-state index contributed by atoms with van der Waals surface area (Å²) in [5.74, 6) is 0.000000000000000222. The zero-order valence-electron chi connectivity index (χ0n) is 4.23. The van der Waals surface area contributed by atoms with Gasteiger partial charge in [0.1, 0.15) is 5.84 Å². The number of hydrogen-bond acceptors (Lipinski definition) is 2. The molecule has 40 valence electrons. The molecule has 0 spiro atoms. The molecule has 3 heteroatoms. The van der Waals surface area contributed by atoms with Gasteiger partial charge in [0.05, 0.1) is 0 Å². The van der Waals surface area contributed by atoms with Crippen molar-refractivity contribution in [3.8, 4) is 0 Å². The molecule has 7 heavy (non-hydrogen) atoms. The number of nitrogens with two attached hydrogens (primary N) is 2. The van der Waals surface area contributed by atoms with Crippen molar-refractivity contribution in [2.24, 2.45) is 11.5 Å². The fraction of sp³-hybridized carbons (Fsp3) is 0.250. The van der Waals surface area contributed by atoms with Gasteiger partial charge in [0.15, 0.2) is 0 Å². The van der Waals surface area contributed by atoms with E-state index in [1.807, 2.05) is 0 Å². The Morgan fingerprint density at radius 2 is 2.00 bits per heavy atom. The molecule has 0 saturated carbocycles. The lowest BCUT2D eigenvalue weighted by atomic mass is 10.4. The molecular formula is C4H9N3. The van der Waals surface area contributed by atoms with Crippen LogP contribution in [-0.2, 0) is 0 Å². The summed E-state index contributed by atoms with van der Waals surface area (Å²) in [6.45, 7) is 1.68. The molecule has 0 heterocycles. The maximum Gasteiger partial charge on any atom is 0.117 e. The molecular weight excluding hydrogens is 90.1 g/mol. The van der Waals surface area contributed by atoms with Gasteiger partial charge >= 0.3 is 0 Å². The third-order valence-electron chi connectivity index (χ3n) is 0.383. The minimum atomic E-state index is 0.000000000000000222. The zero-order valence-corrected chi connectivity index (χ0v) is 4.23. The van der Waals surface area contributed by atoms with Gasteiger partial charge in [-0.3, -0.25) is 5.41 Å². The first-order chi connectivity index (χ1) is 3.13. The Kier molecular flexibility index (Phi) is 1.91. The van der Waals surface area contributed by atoms with Gasteiger partial charge in [-0.2, -0.15) is 0 Å². The highest BCUT2D eigenvalue weighted by molar-refractivity contribution is 5.88. The van der Waals surface area contributed by atoms with E-state index in [-0.39, 0.29) is 5.84 Å². The van der Waals surface area contributed by atoms with Crippen LogP contribution >= 0.6 is 0 Å². The van der Waals surface area contributed by atoms with Crippen molar-refractivity contribution in [3.05, 3.63) is 11.8 Å². The van der Waals surface area contributed by atoms with Gasteiger partial charge in [0, 0.05) is 5.70 Å². The van der Waals surface area contributed by atoms with Crippen LogP contribution in [-0.4, -0.2) is 5.84 Å². The first kappa shape index (κ1) is 6.01. The average molecular weight is 99.1 g/mol. The quantitative estimate of drug-likeness (QED) is 0.314. The summed E-state index contributed by atoms with van der Waals surface area (Å²) in [6.07, 6.45) is 1.39. The van der Waals surface area contributed by atoms with Crippen molar-refractivity contribution in [1.29, 1.82) is 5.41 Å². The van der Waals surface area contributed by atoms with E-state index in [0.29, 0.717) is 5.70 Å². The molecule has 0 aromatic heterocycles. The Morgan fingerprint density at radius 3 is 2.00 bits per heavy atom. The largest absolute Gasteiger partial charge is 0.402 e. The molecule has 0 radical (unpaired) electrons. The molecule has 0 aliphatic heterocycles. The van der Waals surface area contributed by atoms with Gasteiger partial charge in [-0.1, -0.05) is 0 Å². The number of amidine groups is 1. The van der Waals surface area contributed by atoms with Gasteiger partial charge in [-0.05, 0) is 13.0 Å². The van der Waals surface area contributed by atoms with E-state index < -0.39 is 0 Å². The van der Waals surface area contributed by atoms with Crippen LogP contribution in [0.4, 0.5) is 0 Å². The third kappa shape index (κ3) is 5.01. The maximum absolute atomic E-state index is 6.65. The molecule has 0 aromatic carbocycles. The average Bonchev–Trinajstić information content (AvgIpc) is 1.27. The van der Waals surface area contributed by atoms with E-state index in [9.17, 15) is 0 Å². The summed E-state index contributed by atoms with van der Waals surface area (Å²) in [6, 6.07) is 0. The van der Waals surface area contributed by atoms with Crippen LogP contribution in [0.1, 0.15) is 6.92 Å². The van der Waals surface area contributed by atoms with E-state index in [1.54, 1.807) is 6.92 Å². The molecule has 0 unspecified atom stereocenters. The van der Waals surface area contributed by atoms with Crippen molar-refractivity contribution in [1.82, 2.24) is 0 Å². The van der Waals surface area contributed by atoms with E-state index in [1.165, 1.54) is 6.08 Å². The predicted molar refractivity (Wildman–Crippen MR) is 29.9 cm³/mol. The zero-order chi connectivity index (χ0) is 5.86. The second kappa shape index (κ2) is 2.23. The van der Waals surface area contributed by atoms with Crippen LogP contribution in [0, 0.1) is 5.41 Å². The monoisotopic (exact) mass is 99.1 g/mol. The summed E-state index contributed by atoms with van der Waals surface area (Å²) < 4.78 is 0. The van der Waals surface area contributed by atoms with Crippen molar-refractivity contribution in [2.75, 3.05) is 0 Å². The van der Waals surface area contributed by atoms with E-state index in [2.05, 4.69) is 0 Å². The van der Waals surface area contributed by atoms with Crippen molar-refractivity contribution < 1.29 is 0 Å². The molecule has 0 amide bonds. The molecule has 0 saturated heterocycles. The highest BCUT2D eigenvalue weighted by Gasteiger charge is 1.76. The van der Waals surface area contributed by atoms with Crippen LogP contribution in [0.25, 0.3) is 0 Å². The fourth-order valence-electron chi connectivity index (χ4n) is 0.245. The van der Waals surface area contributed by atoms with Gasteiger partial charge in [0.2, 0.25) is 0 Å². The first-order valence-electron chi connectivity index (χ1n) is 1.90. The Labute approximate surface area is 42.5 Å². The SMILES string of the molecule is C/C(N)=C\C(=N)N. The summed E-state index contributed by atoms with van der Waals surface area (Å²) in [5, 5.41) is 6.65. The van der Waals surface area contributed by atoms with Crippen molar-refractivity contribution in [3.63, 3.8) is 0 Å². The summed E-state index contributed by atoms with van der Waals surface area (Å²) in [7, 11) is 0. The minimum Gasteiger partial charge on any atom is -0.402 e. The van der Waals surface area contributed by atoms with Crippen molar-refractivity contribution >= 4 is 5.84 Å². The highest BCUT2D eigenvalue weighted by atomic mass is 14.7. The lowest BCUT2D eigenvalue weighted by Gasteiger charge is -1.85. The second-order valence-corrected chi connectivity index (χ2v) is 1.34. The number of hydrogen-bond donors (Lipinski definition) is 3. The third-order valence-corrected chi connectivity index (χ3v) is 0.383. The Bertz CT molecular complexity index is 99.5. The van der Waals surface area contributed by atoms with Crippen molar-refractivity contribution in [2.45, 2.75) is 6.92 Å². The van der Waals surface area contributed by atoms with Gasteiger partial charge in [-0.15, -0.1) is 0 Å². The molecule has 5 N–H and O–H groups in total. The smallest absolute Gasteiger partial charge is 0.117 e. The van der Waals surface area contributed by atoms with Gasteiger partial charge in [0.25, 0.3) is 0 Å². The molecule has 0 aromatic rings. The summed E-state index contributed by atoms with van der Waals surface area (Å²) in [4.78, 5) is 0. The van der Waals surface area contributed by atoms with Crippen LogP contribution in [0.5, 0.6) is 0 Å². The van der Waals surface area contributed by atoms with E-state index in [4.69, 9.17) is 16.9 Å². The molecule has 0 atom stereocenters. The molecule has 0 aliphatic carbocycles. The first-order valence-corrected chi connectivity index (χ1v) is 1.90. The Balaban J connectivity index is 3.68. The summed E-state index contributed by atoms with van der Waals surface area (Å²) >= 11 is 0. The Hall–Kier alpha value is -0.990. The lowest BCUT2D eigenvalue weighted by molar-refractivity contribution is 1.31. The van der Waals surface area contributed by atoms with Crippen LogP contribution < -0.4 is 11.5 Å². The number of nitrogens with one attached hydrogen (secondary N) is 1. The minimum absolute atomic E-state index is 0.000000000000000222. The Morgan fingerprint density at radius 1 is 1.57 bits per heavy atom. The molecule has 0 bridgehead atoms. The fourth-order valence-corrected chi connectivity index (χ4v) is 0.245. The molecule has 0 aliphatic rings. The van der Waals surface area contributed by atoms with Crippen LogP contribution in [0.15, 0.2) is 11.8 Å². The summed E-state index contributed by atoms with van der Waals surface area (Å²) in [5.41, 5.74) is 10.6. The second-order valence-electron chi connectivity index (χ2n) is 1.34. The van der Waals surface area contributed by atoms with E-state index >= 15 is 0 Å². The van der Waals surface area contributed by atoms with Gasteiger partial charge < -0.3 is 11.5 Å². The molecule has 0 rings (SSSR count). The normalized spacial score (nSPS) is 11.3. The van der Waals surface area contributed by atoms with Crippen LogP contribution in [0.2, 0.25) is 0 Å². The van der Waals surface area contributed by atoms with Gasteiger partial charge in [-0.25, -0.2) is 0 Å². The standard InChI is InChI=1S/C4H9N3/c1-3(5)2-4(6)7/h2H,5H2,1H3,(H3,6,7)/b3-2+. The number of allylic oxidation sites excluding steroid dienone is 1. The predicted octanol–water partition coefficient (Wildman–Crippen LogP) is -0.215. The topological polar surface area (TPSA) is 75.9 Å². The molecule has 0 fully saturated rings. The highest BCUT2D eigenvalue weighted by Crippen LogP contribution is 1.74. The molecule has 3 nitrogen and oxygen atoms in total. The number of rotatable bonds is 1. The van der Waals surface area contributed by atoms with E-state index in [0.717, 1.165) is 0 Å². The lowest BCUT2D eigenvalue weighted by Crippen LogP contribution is -2.07. The maximum atomic E-state index is 6.65.